The molecular formula is C12H12N2O3. The minimum absolute atomic E-state index is 0.0761. The number of aromatic amines is 1. The Labute approximate surface area is 98.1 Å². The summed E-state index contributed by atoms with van der Waals surface area (Å²) in [6.45, 7) is 0.458. The van der Waals surface area contributed by atoms with Crippen LogP contribution in [0.1, 0.15) is 16.1 Å². The highest BCUT2D eigenvalue weighted by Crippen LogP contribution is 2.21. The van der Waals surface area contributed by atoms with Gasteiger partial charge in [-0.2, -0.15) is 0 Å². The molecule has 2 N–H and O–H groups in total. The number of nitrogens with one attached hydrogen (secondary N) is 1. The molecule has 0 atom stereocenters. The summed E-state index contributed by atoms with van der Waals surface area (Å²) in [5.74, 6) is -0.483. The van der Waals surface area contributed by atoms with Crippen molar-refractivity contribution in [3.63, 3.8) is 0 Å². The molecule has 0 saturated carbocycles. The van der Waals surface area contributed by atoms with E-state index in [-0.39, 0.29) is 5.69 Å². The lowest BCUT2D eigenvalue weighted by Gasteiger charge is -2.05. The second kappa shape index (κ2) is 4.80. The molecular weight excluding hydrogens is 220 g/mol. The number of methoxy groups -OCH3 is 1. The molecule has 0 radical (unpaired) electrons. The lowest BCUT2D eigenvalue weighted by atomic mass is 10.1. The molecule has 2 aromatic rings. The molecule has 0 aliphatic heterocycles. The number of aromatic carboxylic acids is 1. The molecule has 5 nitrogen and oxygen atoms in total. The number of benzene rings is 1. The van der Waals surface area contributed by atoms with E-state index in [1.807, 2.05) is 24.3 Å². The number of hydrogen-bond acceptors (Lipinski definition) is 3. The third-order valence-corrected chi connectivity index (χ3v) is 2.38. The van der Waals surface area contributed by atoms with Crippen LogP contribution < -0.4 is 0 Å². The monoisotopic (exact) mass is 232 g/mol. The van der Waals surface area contributed by atoms with Gasteiger partial charge in [0.2, 0.25) is 0 Å². The van der Waals surface area contributed by atoms with Crippen LogP contribution in [0.3, 0.4) is 0 Å². The topological polar surface area (TPSA) is 75.2 Å². The summed E-state index contributed by atoms with van der Waals surface area (Å²) in [4.78, 5) is 17.6. The summed E-state index contributed by atoms with van der Waals surface area (Å²) in [5.41, 5.74) is 1.88. The molecule has 0 aliphatic rings. The number of carboxylic acids is 1. The van der Waals surface area contributed by atoms with Crippen molar-refractivity contribution in [2.75, 3.05) is 7.11 Å². The zero-order chi connectivity index (χ0) is 12.3. The Kier molecular flexibility index (Phi) is 3.20. The normalized spacial score (nSPS) is 10.4. The van der Waals surface area contributed by atoms with Crippen molar-refractivity contribution in [1.29, 1.82) is 0 Å². The number of carbonyl (C=O) groups is 1. The van der Waals surface area contributed by atoms with E-state index < -0.39 is 5.97 Å². The summed E-state index contributed by atoms with van der Waals surface area (Å²) in [6.07, 6.45) is 1.31. The zero-order valence-electron chi connectivity index (χ0n) is 9.30. The summed E-state index contributed by atoms with van der Waals surface area (Å²) < 4.78 is 5.09. The van der Waals surface area contributed by atoms with Gasteiger partial charge >= 0.3 is 5.97 Å². The summed E-state index contributed by atoms with van der Waals surface area (Å²) in [6, 6.07) is 7.57. The summed E-state index contributed by atoms with van der Waals surface area (Å²) >= 11 is 0. The van der Waals surface area contributed by atoms with Gasteiger partial charge in [0.1, 0.15) is 11.5 Å². The van der Waals surface area contributed by atoms with Crippen LogP contribution in [0.15, 0.2) is 30.5 Å². The second-order valence-corrected chi connectivity index (χ2v) is 3.54. The highest BCUT2D eigenvalue weighted by atomic mass is 16.5. The van der Waals surface area contributed by atoms with Crippen molar-refractivity contribution in [2.45, 2.75) is 6.61 Å². The first-order valence-electron chi connectivity index (χ1n) is 5.08. The molecule has 17 heavy (non-hydrogen) atoms. The molecule has 5 heteroatoms. The Bertz CT molecular complexity index is 534. The van der Waals surface area contributed by atoms with Crippen molar-refractivity contribution in [3.8, 4) is 11.4 Å². The standard InChI is InChI=1S/C12H12N2O3/c1-17-7-8-4-2-3-5-9(8)11-13-6-10(14-11)12(15)16/h2-6H,7H2,1H3,(H,13,14)(H,15,16). The Hall–Kier alpha value is -2.14. The van der Waals surface area contributed by atoms with Crippen molar-refractivity contribution in [2.24, 2.45) is 0 Å². The highest BCUT2D eigenvalue weighted by Gasteiger charge is 2.11. The van der Waals surface area contributed by atoms with Crippen molar-refractivity contribution >= 4 is 5.97 Å². The Balaban J connectivity index is 2.41. The lowest BCUT2D eigenvalue weighted by Crippen LogP contribution is -1.96. The molecule has 0 spiro atoms. The number of nitrogens with zero attached hydrogens (tertiary/aromatic N) is 1. The lowest BCUT2D eigenvalue weighted by molar-refractivity contribution is 0.0691. The van der Waals surface area contributed by atoms with E-state index in [0.29, 0.717) is 12.4 Å². The van der Waals surface area contributed by atoms with Gasteiger partial charge in [0.15, 0.2) is 0 Å². The van der Waals surface area contributed by atoms with Crippen LogP contribution in [-0.2, 0) is 11.3 Å². The predicted octanol–water partition coefficient (Wildman–Crippen LogP) is 1.92. The molecule has 1 heterocycles. The number of H-pyrrole nitrogens is 1. The average molecular weight is 232 g/mol. The van der Waals surface area contributed by atoms with Gasteiger partial charge in [-0.3, -0.25) is 0 Å². The van der Waals surface area contributed by atoms with Gasteiger partial charge in [0.05, 0.1) is 12.8 Å². The molecule has 1 aromatic heterocycles. The van der Waals surface area contributed by atoms with Gasteiger partial charge in [-0.05, 0) is 5.56 Å². The van der Waals surface area contributed by atoms with E-state index in [2.05, 4.69) is 9.97 Å². The predicted molar refractivity (Wildman–Crippen MR) is 61.7 cm³/mol. The van der Waals surface area contributed by atoms with E-state index in [9.17, 15) is 4.79 Å². The molecule has 0 saturated heterocycles. The number of carboxylic acid groups (broad SMARTS) is 1. The quantitative estimate of drug-likeness (QED) is 0.844. The van der Waals surface area contributed by atoms with Crippen LogP contribution in [0.5, 0.6) is 0 Å². The van der Waals surface area contributed by atoms with Crippen LogP contribution in [-0.4, -0.2) is 28.2 Å². The number of imidazole rings is 1. The van der Waals surface area contributed by atoms with Gasteiger partial charge in [-0.15, -0.1) is 0 Å². The maximum atomic E-state index is 10.8. The second-order valence-electron chi connectivity index (χ2n) is 3.54. The van der Waals surface area contributed by atoms with E-state index in [1.165, 1.54) is 6.20 Å². The van der Waals surface area contributed by atoms with Gasteiger partial charge in [0.25, 0.3) is 0 Å². The number of hydrogen-bond donors (Lipinski definition) is 2. The first-order chi connectivity index (χ1) is 8.22. The Morgan fingerprint density at radius 2 is 2.24 bits per heavy atom. The highest BCUT2D eigenvalue weighted by molar-refractivity contribution is 5.86. The fourth-order valence-corrected chi connectivity index (χ4v) is 1.60. The molecule has 0 bridgehead atoms. The van der Waals surface area contributed by atoms with Gasteiger partial charge in [-0.25, -0.2) is 9.78 Å². The minimum atomic E-state index is -1.02. The molecule has 0 unspecified atom stereocenters. The molecule has 88 valence electrons. The largest absolute Gasteiger partial charge is 0.477 e. The third-order valence-electron chi connectivity index (χ3n) is 2.38. The van der Waals surface area contributed by atoms with E-state index in [4.69, 9.17) is 9.84 Å². The SMILES string of the molecule is COCc1ccccc1-c1ncc(C(=O)O)[nH]1. The van der Waals surface area contributed by atoms with Crippen molar-refractivity contribution in [3.05, 3.63) is 41.7 Å². The summed E-state index contributed by atoms with van der Waals surface area (Å²) in [7, 11) is 1.61. The van der Waals surface area contributed by atoms with Gasteiger partial charge in [-0.1, -0.05) is 24.3 Å². The first-order valence-corrected chi connectivity index (χ1v) is 5.08. The van der Waals surface area contributed by atoms with Crippen LogP contribution in [0.25, 0.3) is 11.4 Å². The fourth-order valence-electron chi connectivity index (χ4n) is 1.60. The van der Waals surface area contributed by atoms with Crippen LogP contribution in [0.4, 0.5) is 0 Å². The molecule has 2 rings (SSSR count). The van der Waals surface area contributed by atoms with E-state index >= 15 is 0 Å². The summed E-state index contributed by atoms with van der Waals surface area (Å²) in [5, 5.41) is 8.82. The molecule has 0 amide bonds. The average Bonchev–Trinajstić information content (AvgIpc) is 2.79. The van der Waals surface area contributed by atoms with Crippen molar-refractivity contribution in [1.82, 2.24) is 9.97 Å². The Morgan fingerprint density at radius 3 is 2.88 bits per heavy atom. The zero-order valence-corrected chi connectivity index (χ0v) is 9.30. The van der Waals surface area contributed by atoms with Gasteiger partial charge in [0, 0.05) is 12.7 Å². The minimum Gasteiger partial charge on any atom is -0.477 e. The van der Waals surface area contributed by atoms with E-state index in [1.54, 1.807) is 7.11 Å². The Morgan fingerprint density at radius 1 is 1.47 bits per heavy atom. The maximum Gasteiger partial charge on any atom is 0.353 e. The molecule has 0 aliphatic carbocycles. The van der Waals surface area contributed by atoms with Gasteiger partial charge < -0.3 is 14.8 Å². The third kappa shape index (κ3) is 2.34. The number of rotatable bonds is 4. The molecule has 1 aromatic carbocycles. The van der Waals surface area contributed by atoms with Crippen LogP contribution in [0.2, 0.25) is 0 Å². The molecule has 0 fully saturated rings. The maximum absolute atomic E-state index is 10.8. The van der Waals surface area contributed by atoms with Crippen molar-refractivity contribution < 1.29 is 14.6 Å². The number of ether oxygens (including phenoxy) is 1. The van der Waals surface area contributed by atoms with E-state index in [0.717, 1.165) is 11.1 Å². The fraction of sp³-hybridized carbons (Fsp3) is 0.167. The first kappa shape index (κ1) is 11.3. The smallest absolute Gasteiger partial charge is 0.353 e. The number of aromatic nitrogens is 2. The van der Waals surface area contributed by atoms with Crippen LogP contribution >= 0.6 is 0 Å². The van der Waals surface area contributed by atoms with Crippen LogP contribution in [0, 0.1) is 0 Å².